The van der Waals surface area contributed by atoms with Crippen LogP contribution in [0.5, 0.6) is 0 Å². The number of nitrogens with one attached hydrogen (secondary N) is 2. The largest absolute Gasteiger partial charge is 0.417 e. The highest BCUT2D eigenvalue weighted by Gasteiger charge is 2.33. The van der Waals surface area contributed by atoms with Crippen molar-refractivity contribution in [2.75, 3.05) is 5.32 Å². The van der Waals surface area contributed by atoms with Gasteiger partial charge < -0.3 is 10.6 Å². The van der Waals surface area contributed by atoms with Crippen LogP contribution in [-0.4, -0.2) is 6.03 Å². The molecule has 0 aliphatic rings. The van der Waals surface area contributed by atoms with Crippen LogP contribution in [0.4, 0.5) is 23.7 Å². The lowest BCUT2D eigenvalue weighted by molar-refractivity contribution is -0.137. The standard InChI is InChI=1S/C17H16ClF3N2O/c1-2-15(11-6-4-3-5-7-11)23-16(24)22-12-8-9-14(18)13(10-12)17(19,20)21/h3-10,15H,2H2,1H3,(H2,22,23,24). The minimum absolute atomic E-state index is 0.0205. The molecule has 0 fully saturated rings. The first kappa shape index (κ1) is 18.1. The number of amides is 2. The quantitative estimate of drug-likeness (QED) is 0.732. The van der Waals surface area contributed by atoms with Crippen LogP contribution >= 0.6 is 11.6 Å². The van der Waals surface area contributed by atoms with Crippen molar-refractivity contribution in [1.29, 1.82) is 0 Å². The van der Waals surface area contributed by atoms with E-state index < -0.39 is 22.8 Å². The van der Waals surface area contributed by atoms with Gasteiger partial charge in [-0.15, -0.1) is 0 Å². The van der Waals surface area contributed by atoms with Crippen molar-refractivity contribution >= 4 is 23.3 Å². The maximum absolute atomic E-state index is 12.8. The predicted molar refractivity (Wildman–Crippen MR) is 88.1 cm³/mol. The maximum atomic E-state index is 12.8. The summed E-state index contributed by atoms with van der Waals surface area (Å²) in [6.45, 7) is 1.90. The summed E-state index contributed by atoms with van der Waals surface area (Å²) >= 11 is 5.56. The van der Waals surface area contributed by atoms with Crippen LogP contribution in [0, 0.1) is 0 Å². The van der Waals surface area contributed by atoms with Crippen molar-refractivity contribution in [2.24, 2.45) is 0 Å². The molecule has 1 atom stereocenters. The third kappa shape index (κ3) is 4.64. The number of alkyl halides is 3. The molecule has 0 bridgehead atoms. The first-order valence-corrected chi connectivity index (χ1v) is 7.68. The lowest BCUT2D eigenvalue weighted by Gasteiger charge is -2.18. The van der Waals surface area contributed by atoms with E-state index in [2.05, 4.69) is 10.6 Å². The second kappa shape index (κ2) is 7.57. The van der Waals surface area contributed by atoms with E-state index in [4.69, 9.17) is 11.6 Å². The fourth-order valence-corrected chi connectivity index (χ4v) is 2.48. The third-order valence-electron chi connectivity index (χ3n) is 3.45. The topological polar surface area (TPSA) is 41.1 Å². The molecule has 24 heavy (non-hydrogen) atoms. The minimum atomic E-state index is -4.58. The molecule has 0 aromatic heterocycles. The first-order chi connectivity index (χ1) is 11.3. The second-order valence-electron chi connectivity index (χ2n) is 5.16. The van der Waals surface area contributed by atoms with Crippen LogP contribution in [-0.2, 0) is 6.18 Å². The van der Waals surface area contributed by atoms with Crippen LogP contribution in [0.1, 0.15) is 30.5 Å². The van der Waals surface area contributed by atoms with Gasteiger partial charge in [-0.3, -0.25) is 0 Å². The van der Waals surface area contributed by atoms with Crippen molar-refractivity contribution in [1.82, 2.24) is 5.32 Å². The molecule has 0 radical (unpaired) electrons. The molecular weight excluding hydrogens is 341 g/mol. The number of anilines is 1. The molecule has 0 spiro atoms. The van der Waals surface area contributed by atoms with Crippen LogP contribution in [0.15, 0.2) is 48.5 Å². The van der Waals surface area contributed by atoms with Gasteiger partial charge in [-0.1, -0.05) is 48.9 Å². The number of carbonyl (C=O) groups is 1. The number of rotatable bonds is 4. The molecule has 2 aromatic rings. The lowest BCUT2D eigenvalue weighted by atomic mass is 10.1. The van der Waals surface area contributed by atoms with Crippen molar-refractivity contribution in [3.63, 3.8) is 0 Å². The number of halogens is 4. The Bertz CT molecular complexity index is 705. The summed E-state index contributed by atoms with van der Waals surface area (Å²) in [5.74, 6) is 0. The van der Waals surface area contributed by atoms with Gasteiger partial charge in [-0.05, 0) is 30.2 Å². The minimum Gasteiger partial charge on any atom is -0.331 e. The van der Waals surface area contributed by atoms with E-state index >= 15 is 0 Å². The molecule has 3 nitrogen and oxygen atoms in total. The normalized spacial score (nSPS) is 12.5. The fraction of sp³-hybridized carbons (Fsp3) is 0.235. The zero-order valence-electron chi connectivity index (χ0n) is 12.8. The number of hydrogen-bond acceptors (Lipinski definition) is 1. The Hall–Kier alpha value is -2.21. The SMILES string of the molecule is CCC(NC(=O)Nc1ccc(Cl)c(C(F)(F)F)c1)c1ccccc1. The average Bonchev–Trinajstić information content (AvgIpc) is 2.54. The number of urea groups is 1. The number of benzene rings is 2. The van der Waals surface area contributed by atoms with E-state index in [-0.39, 0.29) is 11.7 Å². The second-order valence-corrected chi connectivity index (χ2v) is 5.57. The molecule has 0 heterocycles. The summed E-state index contributed by atoms with van der Waals surface area (Å²) in [6, 6.07) is 11.7. The van der Waals surface area contributed by atoms with Crippen molar-refractivity contribution in [3.8, 4) is 0 Å². The molecular formula is C17H16ClF3N2O. The molecule has 0 aliphatic carbocycles. The van der Waals surface area contributed by atoms with E-state index in [1.807, 2.05) is 37.3 Å². The highest BCUT2D eigenvalue weighted by molar-refractivity contribution is 6.31. The van der Waals surface area contributed by atoms with Gasteiger partial charge in [-0.2, -0.15) is 13.2 Å². The molecule has 2 N–H and O–H groups in total. The molecule has 7 heteroatoms. The maximum Gasteiger partial charge on any atom is 0.417 e. The predicted octanol–water partition coefficient (Wildman–Crippen LogP) is 5.63. The highest BCUT2D eigenvalue weighted by Crippen LogP contribution is 2.36. The Morgan fingerprint density at radius 1 is 1.17 bits per heavy atom. The van der Waals surface area contributed by atoms with Gasteiger partial charge in [0.05, 0.1) is 16.6 Å². The van der Waals surface area contributed by atoms with Gasteiger partial charge in [0.25, 0.3) is 0 Å². The Labute approximate surface area is 142 Å². The summed E-state index contributed by atoms with van der Waals surface area (Å²) in [4.78, 5) is 12.1. The molecule has 2 amide bonds. The Morgan fingerprint density at radius 2 is 1.83 bits per heavy atom. The number of carbonyl (C=O) groups excluding carboxylic acids is 1. The summed E-state index contributed by atoms with van der Waals surface area (Å²) in [5, 5.41) is 4.73. The van der Waals surface area contributed by atoms with Gasteiger partial charge in [0.1, 0.15) is 0 Å². The van der Waals surface area contributed by atoms with E-state index in [1.54, 1.807) is 0 Å². The Balaban J connectivity index is 2.10. The molecule has 1 unspecified atom stereocenters. The van der Waals surface area contributed by atoms with E-state index in [1.165, 1.54) is 6.07 Å². The lowest BCUT2D eigenvalue weighted by Crippen LogP contribution is -2.32. The molecule has 128 valence electrons. The zero-order chi connectivity index (χ0) is 17.7. The molecule has 0 aliphatic heterocycles. The first-order valence-electron chi connectivity index (χ1n) is 7.30. The zero-order valence-corrected chi connectivity index (χ0v) is 13.6. The Morgan fingerprint density at radius 3 is 2.42 bits per heavy atom. The van der Waals surface area contributed by atoms with E-state index in [0.29, 0.717) is 6.42 Å². The van der Waals surface area contributed by atoms with E-state index in [0.717, 1.165) is 17.7 Å². The van der Waals surface area contributed by atoms with Crippen LogP contribution in [0.2, 0.25) is 5.02 Å². The molecule has 2 aromatic carbocycles. The monoisotopic (exact) mass is 356 g/mol. The summed E-state index contributed by atoms with van der Waals surface area (Å²) in [7, 11) is 0. The van der Waals surface area contributed by atoms with Crippen LogP contribution < -0.4 is 10.6 Å². The van der Waals surface area contributed by atoms with Crippen molar-refractivity contribution < 1.29 is 18.0 Å². The fourth-order valence-electron chi connectivity index (χ4n) is 2.25. The van der Waals surface area contributed by atoms with Gasteiger partial charge >= 0.3 is 12.2 Å². The molecule has 0 saturated heterocycles. The average molecular weight is 357 g/mol. The number of hydrogen-bond donors (Lipinski definition) is 2. The van der Waals surface area contributed by atoms with Crippen LogP contribution in [0.25, 0.3) is 0 Å². The van der Waals surface area contributed by atoms with Crippen LogP contribution in [0.3, 0.4) is 0 Å². The third-order valence-corrected chi connectivity index (χ3v) is 3.77. The smallest absolute Gasteiger partial charge is 0.331 e. The molecule has 2 rings (SSSR count). The van der Waals surface area contributed by atoms with Crippen molar-refractivity contribution in [3.05, 3.63) is 64.7 Å². The van der Waals surface area contributed by atoms with E-state index in [9.17, 15) is 18.0 Å². The van der Waals surface area contributed by atoms with Crippen molar-refractivity contribution in [2.45, 2.75) is 25.6 Å². The van der Waals surface area contributed by atoms with Gasteiger partial charge in [0, 0.05) is 5.69 Å². The van der Waals surface area contributed by atoms with Gasteiger partial charge in [0.15, 0.2) is 0 Å². The Kier molecular flexibility index (Phi) is 5.72. The summed E-state index contributed by atoms with van der Waals surface area (Å²) in [5.41, 5.74) is -0.0496. The summed E-state index contributed by atoms with van der Waals surface area (Å²) < 4.78 is 38.5. The molecule has 0 saturated carbocycles. The highest BCUT2D eigenvalue weighted by atomic mass is 35.5. The summed E-state index contributed by atoms with van der Waals surface area (Å²) in [6.07, 6.45) is -3.94. The van der Waals surface area contributed by atoms with Gasteiger partial charge in [0.2, 0.25) is 0 Å². The van der Waals surface area contributed by atoms with Gasteiger partial charge in [-0.25, -0.2) is 4.79 Å².